The molecule has 0 fully saturated rings. The van der Waals surface area contributed by atoms with Gasteiger partial charge in [0.25, 0.3) is 10.1 Å². The van der Waals surface area contributed by atoms with E-state index in [1.807, 2.05) is 0 Å². The van der Waals surface area contributed by atoms with Crippen molar-refractivity contribution in [2.75, 3.05) is 6.61 Å². The summed E-state index contributed by atoms with van der Waals surface area (Å²) in [4.78, 5) is 47.8. The minimum absolute atomic E-state index is 0.305. The third kappa shape index (κ3) is 10.9. The average Bonchev–Trinajstić information content (AvgIpc) is 2.82. The van der Waals surface area contributed by atoms with Crippen LogP contribution in [0, 0.1) is 5.41 Å². The Kier molecular flexibility index (Phi) is 17.1. The van der Waals surface area contributed by atoms with Gasteiger partial charge >= 0.3 is 17.9 Å². The fourth-order valence-electron chi connectivity index (χ4n) is 4.52. The molecule has 0 aliphatic rings. The van der Waals surface area contributed by atoms with Crippen LogP contribution in [0.15, 0.2) is 0 Å². The van der Waals surface area contributed by atoms with Crippen LogP contribution >= 0.6 is 0 Å². The van der Waals surface area contributed by atoms with Gasteiger partial charge in [-0.1, -0.05) is 103 Å². The SMILES string of the molecule is CCCCCCCCCCCCCCCCCCOC(=O)C(CC(N)=O)(C(C)(C(=O)O)C(=O)O)S(=O)(=O)O. The molecule has 5 N–H and O–H groups in total. The smallest absolute Gasteiger partial charge is 0.332 e. The summed E-state index contributed by atoms with van der Waals surface area (Å²) in [6.07, 6.45) is 16.3. The first-order chi connectivity index (χ1) is 17.8. The molecule has 1 amide bonds. The molecule has 0 saturated carbocycles. The number of unbranched alkanes of at least 4 members (excludes halogenated alkanes) is 15. The highest BCUT2D eigenvalue weighted by Gasteiger charge is 2.72. The van der Waals surface area contributed by atoms with Gasteiger partial charge < -0.3 is 20.7 Å². The molecular weight excluding hydrogens is 518 g/mol. The van der Waals surface area contributed by atoms with Gasteiger partial charge in [-0.05, 0) is 13.3 Å². The van der Waals surface area contributed by atoms with E-state index in [0.29, 0.717) is 19.8 Å². The molecule has 1 atom stereocenters. The maximum absolute atomic E-state index is 12.8. The molecule has 0 aromatic heterocycles. The Bertz CT molecular complexity index is 844. The van der Waals surface area contributed by atoms with Crippen molar-refractivity contribution < 1.29 is 47.1 Å². The van der Waals surface area contributed by atoms with E-state index >= 15 is 0 Å². The van der Waals surface area contributed by atoms with Crippen molar-refractivity contribution in [2.45, 2.75) is 128 Å². The van der Waals surface area contributed by atoms with Gasteiger partial charge in [0, 0.05) is 0 Å². The summed E-state index contributed by atoms with van der Waals surface area (Å²) in [5, 5.41) is 18.9. The van der Waals surface area contributed by atoms with Gasteiger partial charge in [0.2, 0.25) is 10.7 Å². The molecule has 12 heteroatoms. The predicted octanol–water partition coefficient (Wildman–Crippen LogP) is 4.47. The molecule has 0 saturated heterocycles. The maximum Gasteiger partial charge on any atom is 0.332 e. The zero-order chi connectivity index (χ0) is 29.2. The van der Waals surface area contributed by atoms with Crippen LogP contribution in [0.2, 0.25) is 0 Å². The van der Waals surface area contributed by atoms with Crippen LogP contribution in [0.4, 0.5) is 0 Å². The van der Waals surface area contributed by atoms with E-state index in [4.69, 9.17) is 10.5 Å². The minimum atomic E-state index is -5.78. The van der Waals surface area contributed by atoms with Crippen molar-refractivity contribution in [3.63, 3.8) is 0 Å². The van der Waals surface area contributed by atoms with Gasteiger partial charge in [-0.25, -0.2) is 0 Å². The first kappa shape index (κ1) is 35.8. The first-order valence-electron chi connectivity index (χ1n) is 13.7. The Labute approximate surface area is 226 Å². The van der Waals surface area contributed by atoms with Crippen LogP contribution < -0.4 is 5.73 Å². The van der Waals surface area contributed by atoms with Crippen molar-refractivity contribution >= 4 is 33.9 Å². The lowest BCUT2D eigenvalue weighted by atomic mass is 9.74. The molecule has 0 aliphatic heterocycles. The number of carbonyl (C=O) groups excluding carboxylic acids is 2. The molecule has 0 rings (SSSR count). The molecular formula is C26H47NO10S. The van der Waals surface area contributed by atoms with E-state index in [2.05, 4.69) is 6.92 Å². The monoisotopic (exact) mass is 565 g/mol. The molecule has 38 heavy (non-hydrogen) atoms. The lowest BCUT2D eigenvalue weighted by Gasteiger charge is -2.37. The summed E-state index contributed by atoms with van der Waals surface area (Å²) in [6, 6.07) is 0. The second-order valence-electron chi connectivity index (χ2n) is 10.1. The Balaban J connectivity index is 4.51. The Hall–Kier alpha value is -2.21. The van der Waals surface area contributed by atoms with Crippen molar-refractivity contribution in [1.82, 2.24) is 0 Å². The molecule has 0 radical (unpaired) electrons. The fraction of sp³-hybridized carbons (Fsp3) is 0.846. The van der Waals surface area contributed by atoms with Crippen molar-refractivity contribution in [1.29, 1.82) is 0 Å². The van der Waals surface area contributed by atoms with Crippen LogP contribution in [0.3, 0.4) is 0 Å². The lowest BCUT2D eigenvalue weighted by molar-refractivity contribution is -0.174. The van der Waals surface area contributed by atoms with E-state index < -0.39 is 50.5 Å². The summed E-state index contributed by atoms with van der Waals surface area (Å²) in [5.74, 6) is -7.88. The van der Waals surface area contributed by atoms with Crippen molar-refractivity contribution in [3.05, 3.63) is 0 Å². The number of rotatable bonds is 24. The highest BCUT2D eigenvalue weighted by atomic mass is 32.2. The standard InChI is InChI=1S/C26H47NO10S/c1-3-4-5-6-7-8-9-10-11-12-13-14-15-16-17-18-19-37-24(33)26(20-21(27)28,38(34,35)36)25(2,22(29)30)23(31)32/h3-20H2,1-2H3,(H2,27,28)(H,29,30)(H,31,32)(H,34,35,36). The number of carboxylic acids is 2. The topological polar surface area (TPSA) is 198 Å². The Morgan fingerprint density at radius 3 is 1.34 bits per heavy atom. The minimum Gasteiger partial charge on any atom is -0.480 e. The molecule has 1 unspecified atom stereocenters. The van der Waals surface area contributed by atoms with E-state index in [1.165, 1.54) is 64.2 Å². The second-order valence-corrected chi connectivity index (χ2v) is 11.8. The van der Waals surface area contributed by atoms with E-state index in [9.17, 15) is 42.4 Å². The van der Waals surface area contributed by atoms with Crippen molar-refractivity contribution in [3.8, 4) is 0 Å². The van der Waals surface area contributed by atoms with E-state index in [1.54, 1.807) is 0 Å². The summed E-state index contributed by atoms with van der Waals surface area (Å²) >= 11 is 0. The van der Waals surface area contributed by atoms with Gasteiger partial charge in [-0.3, -0.25) is 23.7 Å². The third-order valence-corrected chi connectivity index (χ3v) is 8.69. The summed E-state index contributed by atoms with van der Waals surface area (Å²) in [5.41, 5.74) is 1.55. The summed E-state index contributed by atoms with van der Waals surface area (Å²) < 4.78 is 35.4. The van der Waals surface area contributed by atoms with Gasteiger partial charge in [-0.15, -0.1) is 0 Å². The van der Waals surface area contributed by atoms with Crippen LogP contribution in [-0.4, -0.2) is 58.4 Å². The highest BCUT2D eigenvalue weighted by Crippen LogP contribution is 2.42. The molecule has 0 aromatic carbocycles. The lowest BCUT2D eigenvalue weighted by Crippen LogP contribution is -2.66. The number of carboxylic acid groups (broad SMARTS) is 2. The number of aliphatic carboxylic acids is 2. The Morgan fingerprint density at radius 2 is 1.05 bits per heavy atom. The number of nitrogens with two attached hydrogens (primary N) is 1. The molecule has 0 aliphatic carbocycles. The van der Waals surface area contributed by atoms with Gasteiger partial charge in [0.05, 0.1) is 13.0 Å². The summed E-state index contributed by atoms with van der Waals surface area (Å²) in [6.45, 7) is 2.28. The molecule has 0 aromatic rings. The van der Waals surface area contributed by atoms with Crippen molar-refractivity contribution in [2.24, 2.45) is 11.1 Å². The molecule has 222 valence electrons. The number of hydrogen-bond donors (Lipinski definition) is 4. The molecule has 11 nitrogen and oxygen atoms in total. The average molecular weight is 566 g/mol. The Morgan fingerprint density at radius 1 is 0.711 bits per heavy atom. The van der Waals surface area contributed by atoms with Crippen LogP contribution in [0.5, 0.6) is 0 Å². The van der Waals surface area contributed by atoms with Crippen LogP contribution in [-0.2, 0) is 34.0 Å². The van der Waals surface area contributed by atoms with Gasteiger partial charge in [0.1, 0.15) is 0 Å². The van der Waals surface area contributed by atoms with Crippen LogP contribution in [0.1, 0.15) is 123 Å². The van der Waals surface area contributed by atoms with Crippen LogP contribution in [0.25, 0.3) is 0 Å². The summed E-state index contributed by atoms with van der Waals surface area (Å²) in [7, 11) is -5.78. The van der Waals surface area contributed by atoms with Gasteiger partial charge in [0.15, 0.2) is 5.41 Å². The highest BCUT2D eigenvalue weighted by molar-refractivity contribution is 7.88. The molecule has 0 heterocycles. The van der Waals surface area contributed by atoms with E-state index in [0.717, 1.165) is 25.7 Å². The quantitative estimate of drug-likeness (QED) is 0.0560. The number of ether oxygens (including phenoxy) is 1. The third-order valence-electron chi connectivity index (χ3n) is 7.09. The largest absolute Gasteiger partial charge is 0.480 e. The second kappa shape index (κ2) is 18.1. The number of carbonyl (C=O) groups is 4. The zero-order valence-electron chi connectivity index (χ0n) is 22.9. The molecule has 0 bridgehead atoms. The fourth-order valence-corrected chi connectivity index (χ4v) is 5.81. The zero-order valence-corrected chi connectivity index (χ0v) is 23.7. The number of hydrogen-bond acceptors (Lipinski definition) is 7. The van der Waals surface area contributed by atoms with Gasteiger partial charge in [-0.2, -0.15) is 8.42 Å². The van der Waals surface area contributed by atoms with E-state index in [-0.39, 0.29) is 6.61 Å². The normalized spacial score (nSPS) is 13.6. The maximum atomic E-state index is 12.8. The molecule has 0 spiro atoms. The number of primary amides is 1. The first-order valence-corrected chi connectivity index (χ1v) is 15.1. The number of esters is 1. The number of amides is 1. The predicted molar refractivity (Wildman–Crippen MR) is 142 cm³/mol.